The lowest BCUT2D eigenvalue weighted by atomic mass is 10.0. The summed E-state index contributed by atoms with van der Waals surface area (Å²) in [5.74, 6) is -2.42. The van der Waals surface area contributed by atoms with Crippen molar-refractivity contribution in [3.8, 4) is 11.1 Å². The first-order valence-electron chi connectivity index (χ1n) is 8.06. The Balaban J connectivity index is 1.93. The van der Waals surface area contributed by atoms with E-state index in [9.17, 15) is 22.4 Å². The van der Waals surface area contributed by atoms with Crippen LogP contribution in [0.3, 0.4) is 0 Å². The third kappa shape index (κ3) is 4.24. The molecule has 2 aromatic carbocycles. The minimum Gasteiger partial charge on any atom is -0.398 e. The van der Waals surface area contributed by atoms with Gasteiger partial charge in [-0.05, 0) is 24.3 Å². The number of para-hydroxylation sites is 1. The molecule has 1 aromatic heterocycles. The van der Waals surface area contributed by atoms with E-state index in [0.29, 0.717) is 17.3 Å². The Hall–Kier alpha value is -3.33. The largest absolute Gasteiger partial charge is 0.420 e. The second-order valence-electron chi connectivity index (χ2n) is 6.01. The topological polar surface area (TPSA) is 94.0 Å². The molecule has 0 spiro atoms. The van der Waals surface area contributed by atoms with E-state index in [0.717, 1.165) is 12.3 Å². The highest BCUT2D eigenvalue weighted by Gasteiger charge is 2.34. The molecule has 29 heavy (non-hydrogen) atoms. The van der Waals surface area contributed by atoms with Crippen LogP contribution in [0.25, 0.3) is 11.1 Å². The van der Waals surface area contributed by atoms with E-state index in [1.807, 2.05) is 0 Å². The standard InChI is InChI=1S/C19H13ClF4N4O/c20-14-6-11(10-3-1-2-4-16(10)25)15(21)7-12(14)18(29)28-9-5-13(19(22,23)24)17(26)27-8-9/h1-8H,25H2,(H2,26,27)(H,28,29). The Morgan fingerprint density at radius 3 is 2.41 bits per heavy atom. The van der Waals surface area contributed by atoms with E-state index < -0.39 is 29.3 Å². The number of amides is 1. The SMILES string of the molecule is Nc1ccccc1-c1cc(Cl)c(C(=O)Nc2cnc(N)c(C(F)(F)F)c2)cc1F. The highest BCUT2D eigenvalue weighted by atomic mass is 35.5. The number of nitrogens with zero attached hydrogens (tertiary/aromatic N) is 1. The first kappa shape index (κ1) is 20.4. The Morgan fingerprint density at radius 2 is 1.76 bits per heavy atom. The molecule has 0 saturated carbocycles. The highest BCUT2D eigenvalue weighted by Crippen LogP contribution is 2.35. The van der Waals surface area contributed by atoms with E-state index in [-0.39, 0.29) is 21.8 Å². The molecule has 0 saturated heterocycles. The predicted molar refractivity (Wildman–Crippen MR) is 103 cm³/mol. The van der Waals surface area contributed by atoms with Gasteiger partial charge in [-0.3, -0.25) is 4.79 Å². The highest BCUT2D eigenvalue weighted by molar-refractivity contribution is 6.34. The summed E-state index contributed by atoms with van der Waals surface area (Å²) in [7, 11) is 0. The van der Waals surface area contributed by atoms with Gasteiger partial charge in [0.25, 0.3) is 5.91 Å². The fourth-order valence-corrected chi connectivity index (χ4v) is 2.89. The van der Waals surface area contributed by atoms with Crippen molar-refractivity contribution in [3.05, 3.63) is 70.6 Å². The van der Waals surface area contributed by atoms with Gasteiger partial charge in [-0.15, -0.1) is 0 Å². The zero-order valence-electron chi connectivity index (χ0n) is 14.5. The number of nitrogens with one attached hydrogen (secondary N) is 1. The smallest absolute Gasteiger partial charge is 0.398 e. The van der Waals surface area contributed by atoms with Crippen LogP contribution in [0.4, 0.5) is 34.8 Å². The van der Waals surface area contributed by atoms with Crippen molar-refractivity contribution in [2.45, 2.75) is 6.18 Å². The molecule has 0 radical (unpaired) electrons. The van der Waals surface area contributed by atoms with Crippen LogP contribution in [-0.2, 0) is 6.18 Å². The van der Waals surface area contributed by atoms with Crippen LogP contribution in [0.2, 0.25) is 5.02 Å². The van der Waals surface area contributed by atoms with E-state index in [2.05, 4.69) is 10.3 Å². The van der Waals surface area contributed by atoms with Crippen LogP contribution in [0.15, 0.2) is 48.7 Å². The number of nitrogen functional groups attached to an aromatic ring is 2. The summed E-state index contributed by atoms with van der Waals surface area (Å²) in [4.78, 5) is 15.8. The number of hydrogen-bond donors (Lipinski definition) is 3. The Labute approximate surface area is 167 Å². The second kappa shape index (κ2) is 7.59. The molecule has 5 N–H and O–H groups in total. The fourth-order valence-electron chi connectivity index (χ4n) is 2.64. The van der Waals surface area contributed by atoms with E-state index in [1.54, 1.807) is 24.3 Å². The molecule has 1 heterocycles. The molecular weight excluding hydrogens is 412 g/mol. The third-order valence-corrected chi connectivity index (χ3v) is 4.35. The molecule has 0 aliphatic heterocycles. The molecule has 1 amide bonds. The second-order valence-corrected chi connectivity index (χ2v) is 6.42. The third-order valence-electron chi connectivity index (χ3n) is 4.03. The molecular formula is C19H13ClF4N4O. The first-order valence-corrected chi connectivity index (χ1v) is 8.43. The number of aromatic nitrogens is 1. The van der Waals surface area contributed by atoms with Crippen molar-refractivity contribution < 1.29 is 22.4 Å². The van der Waals surface area contributed by atoms with Crippen molar-refractivity contribution in [2.24, 2.45) is 0 Å². The number of nitrogens with two attached hydrogens (primary N) is 2. The summed E-state index contributed by atoms with van der Waals surface area (Å²) in [5.41, 5.74) is 10.1. The molecule has 3 aromatic rings. The van der Waals surface area contributed by atoms with E-state index in [4.69, 9.17) is 23.1 Å². The summed E-state index contributed by atoms with van der Waals surface area (Å²) in [5, 5.41) is 2.09. The lowest BCUT2D eigenvalue weighted by Crippen LogP contribution is -2.16. The van der Waals surface area contributed by atoms with E-state index >= 15 is 0 Å². The van der Waals surface area contributed by atoms with Gasteiger partial charge in [0.15, 0.2) is 0 Å². The summed E-state index contributed by atoms with van der Waals surface area (Å²) in [6, 6.07) is 9.23. The minimum absolute atomic E-state index is 0.0816. The molecule has 0 fully saturated rings. The predicted octanol–water partition coefficient (Wildman–Crippen LogP) is 4.98. The van der Waals surface area contributed by atoms with Gasteiger partial charge < -0.3 is 16.8 Å². The molecule has 0 aliphatic carbocycles. The van der Waals surface area contributed by atoms with Crippen molar-refractivity contribution in [1.29, 1.82) is 0 Å². The van der Waals surface area contributed by atoms with Crippen molar-refractivity contribution >= 4 is 34.7 Å². The number of pyridine rings is 1. The normalized spacial score (nSPS) is 11.3. The maximum absolute atomic E-state index is 14.6. The monoisotopic (exact) mass is 424 g/mol. The van der Waals surface area contributed by atoms with Crippen LogP contribution in [-0.4, -0.2) is 10.9 Å². The Bertz CT molecular complexity index is 1100. The van der Waals surface area contributed by atoms with Crippen LogP contribution >= 0.6 is 11.6 Å². The quantitative estimate of drug-likeness (QED) is 0.408. The van der Waals surface area contributed by atoms with Crippen LogP contribution in [0.1, 0.15) is 15.9 Å². The molecule has 0 unspecified atom stereocenters. The molecule has 10 heteroatoms. The van der Waals surface area contributed by atoms with E-state index in [1.165, 1.54) is 6.07 Å². The summed E-state index contributed by atoms with van der Waals surface area (Å²) in [6.45, 7) is 0. The van der Waals surface area contributed by atoms with Gasteiger partial charge >= 0.3 is 6.18 Å². The zero-order chi connectivity index (χ0) is 21.3. The molecule has 0 bridgehead atoms. The zero-order valence-corrected chi connectivity index (χ0v) is 15.3. The Kier molecular flexibility index (Phi) is 5.34. The maximum Gasteiger partial charge on any atom is 0.420 e. The number of benzene rings is 2. The average molecular weight is 425 g/mol. The summed E-state index contributed by atoms with van der Waals surface area (Å²) in [6.07, 6.45) is -3.80. The molecule has 3 rings (SSSR count). The number of rotatable bonds is 3. The van der Waals surface area contributed by atoms with Crippen LogP contribution in [0.5, 0.6) is 0 Å². The molecule has 5 nitrogen and oxygen atoms in total. The number of hydrogen-bond acceptors (Lipinski definition) is 4. The number of carbonyl (C=O) groups excluding carboxylic acids is 1. The maximum atomic E-state index is 14.6. The van der Waals surface area contributed by atoms with Gasteiger partial charge in [-0.1, -0.05) is 29.8 Å². The van der Waals surface area contributed by atoms with Gasteiger partial charge in [-0.25, -0.2) is 9.37 Å². The lowest BCUT2D eigenvalue weighted by Gasteiger charge is -2.13. The van der Waals surface area contributed by atoms with Gasteiger partial charge in [-0.2, -0.15) is 13.2 Å². The Morgan fingerprint density at radius 1 is 1.07 bits per heavy atom. The molecule has 150 valence electrons. The number of carbonyl (C=O) groups is 1. The fraction of sp³-hybridized carbons (Fsp3) is 0.0526. The van der Waals surface area contributed by atoms with Gasteiger partial charge in [0.05, 0.1) is 28.0 Å². The van der Waals surface area contributed by atoms with Gasteiger partial charge in [0.2, 0.25) is 0 Å². The minimum atomic E-state index is -4.75. The van der Waals surface area contributed by atoms with Crippen molar-refractivity contribution in [3.63, 3.8) is 0 Å². The average Bonchev–Trinajstić information content (AvgIpc) is 2.64. The first-order chi connectivity index (χ1) is 13.6. The number of anilines is 3. The number of alkyl halides is 3. The van der Waals surface area contributed by atoms with Gasteiger partial charge in [0.1, 0.15) is 11.6 Å². The van der Waals surface area contributed by atoms with Crippen LogP contribution < -0.4 is 16.8 Å². The lowest BCUT2D eigenvalue weighted by molar-refractivity contribution is -0.137. The summed E-state index contributed by atoms with van der Waals surface area (Å²) >= 11 is 6.11. The van der Waals surface area contributed by atoms with Crippen molar-refractivity contribution in [1.82, 2.24) is 4.98 Å². The van der Waals surface area contributed by atoms with Gasteiger partial charge in [0, 0.05) is 16.8 Å². The van der Waals surface area contributed by atoms with Crippen molar-refractivity contribution in [2.75, 3.05) is 16.8 Å². The molecule has 0 atom stereocenters. The summed E-state index contributed by atoms with van der Waals surface area (Å²) < 4.78 is 53.4. The molecule has 0 aliphatic rings. The van der Waals surface area contributed by atoms with Crippen LogP contribution in [0, 0.1) is 5.82 Å². The number of halogens is 5.